The summed E-state index contributed by atoms with van der Waals surface area (Å²) in [5.74, 6) is 0.0176. The number of hydrogen-bond donors (Lipinski definition) is 1. The van der Waals surface area contributed by atoms with E-state index in [1.807, 2.05) is 17.2 Å². The minimum Gasteiger partial charge on any atom is -0.354 e. The molecule has 2 aliphatic rings. The van der Waals surface area contributed by atoms with Crippen LogP contribution in [0.15, 0.2) is 36.8 Å². The van der Waals surface area contributed by atoms with E-state index in [-0.39, 0.29) is 22.4 Å². The van der Waals surface area contributed by atoms with Crippen molar-refractivity contribution in [3.8, 4) is 6.07 Å². The van der Waals surface area contributed by atoms with Gasteiger partial charge in [0.1, 0.15) is 29.7 Å². The first-order valence-corrected chi connectivity index (χ1v) is 9.61. The molecular formula is C21H19FN6O. The summed E-state index contributed by atoms with van der Waals surface area (Å²) in [5, 5.41) is 9.87. The molecule has 2 fully saturated rings. The van der Waals surface area contributed by atoms with Gasteiger partial charge in [-0.1, -0.05) is 0 Å². The van der Waals surface area contributed by atoms with Crippen molar-refractivity contribution in [2.45, 2.75) is 12.8 Å². The molecule has 29 heavy (non-hydrogen) atoms. The van der Waals surface area contributed by atoms with Gasteiger partial charge in [-0.25, -0.2) is 14.4 Å². The molecule has 1 saturated heterocycles. The second kappa shape index (κ2) is 6.55. The van der Waals surface area contributed by atoms with Crippen molar-refractivity contribution in [3.05, 3.63) is 53.7 Å². The molecule has 1 saturated carbocycles. The molecule has 5 rings (SSSR count). The Balaban J connectivity index is 1.42. The molecule has 1 N–H and O–H groups in total. The molecule has 1 spiro atoms. The van der Waals surface area contributed by atoms with Gasteiger partial charge in [0, 0.05) is 43.4 Å². The lowest BCUT2D eigenvalue weighted by Gasteiger charge is -2.25. The maximum atomic E-state index is 14.0. The number of carbonyl (C=O) groups excluding carboxylic acids is 1. The number of nitriles is 1. The molecule has 2 aromatic heterocycles. The Kier molecular flexibility index (Phi) is 3.98. The summed E-state index contributed by atoms with van der Waals surface area (Å²) in [6.45, 7) is 2.64. The van der Waals surface area contributed by atoms with Crippen molar-refractivity contribution in [2.75, 3.05) is 31.1 Å². The molecule has 8 heteroatoms. The summed E-state index contributed by atoms with van der Waals surface area (Å²) in [5.41, 5.74) is 1.07. The number of halogens is 1. The third kappa shape index (κ3) is 3.09. The SMILES string of the molecule is N#Cc1ccc(C(=O)N2CCN(c3ncnc4[nH]ccc34)CC3(CC3)C2)cc1F. The van der Waals surface area contributed by atoms with Crippen LogP contribution in [-0.2, 0) is 0 Å². The van der Waals surface area contributed by atoms with E-state index in [0.29, 0.717) is 19.6 Å². The van der Waals surface area contributed by atoms with Gasteiger partial charge in [-0.15, -0.1) is 0 Å². The topological polar surface area (TPSA) is 88.9 Å². The van der Waals surface area contributed by atoms with Gasteiger partial charge in [0.05, 0.1) is 10.9 Å². The number of carbonyl (C=O) groups is 1. The first-order chi connectivity index (χ1) is 14.1. The molecule has 3 heterocycles. The maximum absolute atomic E-state index is 14.0. The van der Waals surface area contributed by atoms with E-state index < -0.39 is 5.82 Å². The fourth-order valence-corrected chi connectivity index (χ4v) is 4.14. The van der Waals surface area contributed by atoms with Gasteiger partial charge < -0.3 is 14.8 Å². The number of rotatable bonds is 2. The van der Waals surface area contributed by atoms with Crippen LogP contribution in [-0.4, -0.2) is 51.9 Å². The van der Waals surface area contributed by atoms with E-state index in [1.165, 1.54) is 12.1 Å². The van der Waals surface area contributed by atoms with Crippen LogP contribution in [0.1, 0.15) is 28.8 Å². The lowest BCUT2D eigenvalue weighted by Crippen LogP contribution is -2.36. The lowest BCUT2D eigenvalue weighted by atomic mass is 10.1. The molecule has 1 aromatic carbocycles. The minimum atomic E-state index is -0.660. The summed E-state index contributed by atoms with van der Waals surface area (Å²) in [6.07, 6.45) is 5.51. The highest BCUT2D eigenvalue weighted by Crippen LogP contribution is 2.48. The van der Waals surface area contributed by atoms with E-state index in [1.54, 1.807) is 12.4 Å². The van der Waals surface area contributed by atoms with Crippen molar-refractivity contribution < 1.29 is 9.18 Å². The number of aromatic nitrogens is 3. The smallest absolute Gasteiger partial charge is 0.254 e. The fraction of sp³-hybridized carbons (Fsp3) is 0.333. The number of H-pyrrole nitrogens is 1. The highest BCUT2D eigenvalue weighted by Gasteiger charge is 2.48. The van der Waals surface area contributed by atoms with Crippen LogP contribution in [0.3, 0.4) is 0 Å². The van der Waals surface area contributed by atoms with Crippen molar-refractivity contribution in [3.63, 3.8) is 0 Å². The number of nitrogens with zero attached hydrogens (tertiary/aromatic N) is 5. The van der Waals surface area contributed by atoms with Crippen molar-refractivity contribution in [1.82, 2.24) is 19.9 Å². The average Bonchev–Trinajstić information content (AvgIpc) is 3.37. The Morgan fingerprint density at radius 2 is 2.07 bits per heavy atom. The van der Waals surface area contributed by atoms with E-state index in [9.17, 15) is 9.18 Å². The van der Waals surface area contributed by atoms with Crippen molar-refractivity contribution in [2.24, 2.45) is 5.41 Å². The van der Waals surface area contributed by atoms with Gasteiger partial charge in [-0.05, 0) is 37.1 Å². The Hall–Kier alpha value is -3.47. The van der Waals surface area contributed by atoms with Gasteiger partial charge in [0.25, 0.3) is 5.91 Å². The second-order valence-electron chi connectivity index (χ2n) is 7.89. The van der Waals surface area contributed by atoms with E-state index in [0.717, 1.165) is 42.3 Å². The standard InChI is InChI=1S/C21H19FN6O/c22-17-9-14(1-2-15(17)10-23)20(29)28-8-7-27(11-21(12-28)4-5-21)19-16-3-6-24-18(16)25-13-26-19/h1-3,6,9,13H,4-5,7-8,11-12H2,(H,24,25,26). The zero-order chi connectivity index (χ0) is 20.0. The Morgan fingerprint density at radius 1 is 1.21 bits per heavy atom. The largest absolute Gasteiger partial charge is 0.354 e. The Morgan fingerprint density at radius 3 is 2.83 bits per heavy atom. The number of aromatic amines is 1. The molecule has 0 atom stereocenters. The average molecular weight is 390 g/mol. The maximum Gasteiger partial charge on any atom is 0.254 e. The molecule has 3 aromatic rings. The highest BCUT2D eigenvalue weighted by molar-refractivity contribution is 5.94. The van der Waals surface area contributed by atoms with E-state index >= 15 is 0 Å². The highest BCUT2D eigenvalue weighted by atomic mass is 19.1. The monoisotopic (exact) mass is 390 g/mol. The van der Waals surface area contributed by atoms with Gasteiger partial charge >= 0.3 is 0 Å². The predicted octanol–water partition coefficient (Wildman–Crippen LogP) is 2.71. The summed E-state index contributed by atoms with van der Waals surface area (Å²) in [6, 6.07) is 7.81. The third-order valence-corrected chi connectivity index (χ3v) is 5.91. The first kappa shape index (κ1) is 17.6. The molecule has 0 bridgehead atoms. The molecule has 7 nitrogen and oxygen atoms in total. The molecule has 1 amide bonds. The fourth-order valence-electron chi connectivity index (χ4n) is 4.14. The third-order valence-electron chi connectivity index (χ3n) is 5.91. The van der Waals surface area contributed by atoms with Crippen LogP contribution < -0.4 is 4.90 Å². The molecular weight excluding hydrogens is 371 g/mol. The molecule has 1 aliphatic carbocycles. The minimum absolute atomic E-state index is 0.0465. The zero-order valence-corrected chi connectivity index (χ0v) is 15.7. The number of hydrogen-bond acceptors (Lipinski definition) is 5. The lowest BCUT2D eigenvalue weighted by molar-refractivity contribution is 0.0740. The van der Waals surface area contributed by atoms with Crippen molar-refractivity contribution in [1.29, 1.82) is 5.26 Å². The zero-order valence-electron chi connectivity index (χ0n) is 15.7. The van der Waals surface area contributed by atoms with Gasteiger partial charge in [-0.2, -0.15) is 5.26 Å². The van der Waals surface area contributed by atoms with E-state index in [4.69, 9.17) is 5.26 Å². The van der Waals surface area contributed by atoms with E-state index in [2.05, 4.69) is 19.9 Å². The predicted molar refractivity (Wildman–Crippen MR) is 105 cm³/mol. The van der Waals surface area contributed by atoms with Crippen molar-refractivity contribution >= 4 is 22.8 Å². The van der Waals surface area contributed by atoms with Crippen LogP contribution in [0.4, 0.5) is 10.2 Å². The summed E-state index contributed by atoms with van der Waals surface area (Å²) < 4.78 is 14.0. The molecule has 146 valence electrons. The number of anilines is 1. The first-order valence-electron chi connectivity index (χ1n) is 9.61. The second-order valence-corrected chi connectivity index (χ2v) is 7.89. The van der Waals surface area contributed by atoms with Crippen LogP contribution in [0, 0.1) is 22.6 Å². The quantitative estimate of drug-likeness (QED) is 0.727. The van der Waals surface area contributed by atoms with Gasteiger partial charge in [-0.3, -0.25) is 4.79 Å². The van der Waals surface area contributed by atoms with Crippen LogP contribution in [0.25, 0.3) is 11.0 Å². The summed E-state index contributed by atoms with van der Waals surface area (Å²) in [4.78, 5) is 29.0. The number of amides is 1. The number of fused-ring (bicyclic) bond motifs is 1. The Bertz CT molecular complexity index is 1150. The molecule has 0 radical (unpaired) electrons. The van der Waals surface area contributed by atoms with Crippen LogP contribution >= 0.6 is 0 Å². The van der Waals surface area contributed by atoms with Gasteiger partial charge in [0.15, 0.2) is 0 Å². The van der Waals surface area contributed by atoms with Crippen LogP contribution in [0.5, 0.6) is 0 Å². The van der Waals surface area contributed by atoms with Crippen LogP contribution in [0.2, 0.25) is 0 Å². The summed E-state index contributed by atoms with van der Waals surface area (Å²) in [7, 11) is 0. The molecule has 0 unspecified atom stereocenters. The van der Waals surface area contributed by atoms with Gasteiger partial charge in [0.2, 0.25) is 0 Å². The number of benzene rings is 1. The normalized spacial score (nSPS) is 17.9. The molecule has 1 aliphatic heterocycles. The number of nitrogens with one attached hydrogen (secondary N) is 1. The summed E-state index contributed by atoms with van der Waals surface area (Å²) >= 11 is 0. The Labute approximate surface area is 166 Å².